The average Bonchev–Trinajstić information content (AvgIpc) is 3.36. The van der Waals surface area contributed by atoms with E-state index in [4.69, 9.17) is 9.72 Å². The van der Waals surface area contributed by atoms with Gasteiger partial charge in [-0.2, -0.15) is 0 Å². The highest BCUT2D eigenvalue weighted by atomic mass is 32.2. The molecular formula is C32H27N3O3S2. The molecular weight excluding hydrogens is 539 g/mol. The molecule has 5 aromatic rings. The van der Waals surface area contributed by atoms with Gasteiger partial charge in [0.2, 0.25) is 5.91 Å². The van der Waals surface area contributed by atoms with Crippen molar-refractivity contribution in [3.05, 3.63) is 125 Å². The van der Waals surface area contributed by atoms with Crippen molar-refractivity contribution in [3.63, 3.8) is 0 Å². The first kappa shape index (κ1) is 27.2. The summed E-state index contributed by atoms with van der Waals surface area (Å²) in [4.78, 5) is 33.0. The fourth-order valence-corrected chi connectivity index (χ4v) is 6.04. The van der Waals surface area contributed by atoms with Crippen molar-refractivity contribution >= 4 is 45.7 Å². The number of methoxy groups -OCH3 is 1. The van der Waals surface area contributed by atoms with E-state index in [2.05, 4.69) is 10.6 Å². The first-order valence-electron chi connectivity index (χ1n) is 12.6. The van der Waals surface area contributed by atoms with Gasteiger partial charge >= 0.3 is 0 Å². The number of amides is 2. The van der Waals surface area contributed by atoms with Gasteiger partial charge in [0.15, 0.2) is 5.13 Å². The normalized spacial score (nSPS) is 11.4. The average molecular weight is 566 g/mol. The Balaban J connectivity index is 1.34. The van der Waals surface area contributed by atoms with Gasteiger partial charge < -0.3 is 15.4 Å². The number of rotatable bonds is 9. The number of carbonyl (C=O) groups excluding carboxylic acids is 2. The van der Waals surface area contributed by atoms with Crippen LogP contribution in [0.25, 0.3) is 11.3 Å². The summed E-state index contributed by atoms with van der Waals surface area (Å²) >= 11 is 2.87. The molecule has 0 aliphatic heterocycles. The zero-order valence-corrected chi connectivity index (χ0v) is 23.6. The number of nitrogens with zero attached hydrogens (tertiary/aromatic N) is 1. The lowest BCUT2D eigenvalue weighted by atomic mass is 10.1. The molecule has 5 rings (SSSR count). The summed E-state index contributed by atoms with van der Waals surface area (Å²) in [6.07, 6.45) is 0. The van der Waals surface area contributed by atoms with E-state index in [1.807, 2.05) is 91.9 Å². The minimum absolute atomic E-state index is 0.169. The molecule has 8 heteroatoms. The van der Waals surface area contributed by atoms with Gasteiger partial charge in [-0.25, -0.2) is 4.98 Å². The fourth-order valence-electron chi connectivity index (χ4n) is 4.11. The largest absolute Gasteiger partial charge is 0.497 e. The second kappa shape index (κ2) is 12.6. The van der Waals surface area contributed by atoms with Crippen molar-refractivity contribution < 1.29 is 14.3 Å². The highest BCUT2D eigenvalue weighted by Gasteiger charge is 2.24. The van der Waals surface area contributed by atoms with Crippen molar-refractivity contribution in [2.24, 2.45) is 0 Å². The third kappa shape index (κ3) is 6.59. The number of nitrogens with one attached hydrogen (secondary N) is 2. The Bertz CT molecular complexity index is 1600. The van der Waals surface area contributed by atoms with Gasteiger partial charge in [-0.05, 0) is 55.0 Å². The maximum absolute atomic E-state index is 13.6. The van der Waals surface area contributed by atoms with Crippen molar-refractivity contribution in [1.29, 1.82) is 0 Å². The van der Waals surface area contributed by atoms with Crippen LogP contribution in [-0.4, -0.2) is 23.9 Å². The summed E-state index contributed by atoms with van der Waals surface area (Å²) < 4.78 is 5.17. The SMILES string of the molecule is COc1ccc(C(=O)Nc2cccc(SC(C(=O)Nc3nc(-c4ccccc4)c(C)s3)c3ccccc3)c2)cc1. The Labute approximate surface area is 241 Å². The van der Waals surface area contributed by atoms with Crippen LogP contribution in [0.1, 0.15) is 26.0 Å². The van der Waals surface area contributed by atoms with Crippen LogP contribution in [0.2, 0.25) is 0 Å². The predicted molar refractivity (Wildman–Crippen MR) is 163 cm³/mol. The highest BCUT2D eigenvalue weighted by molar-refractivity contribution is 8.00. The molecule has 0 radical (unpaired) electrons. The first-order chi connectivity index (χ1) is 19.5. The number of benzene rings is 4. The molecule has 1 heterocycles. The summed E-state index contributed by atoms with van der Waals surface area (Å²) in [5.74, 6) is 0.289. The minimum atomic E-state index is -0.530. The molecule has 2 N–H and O–H groups in total. The molecule has 40 heavy (non-hydrogen) atoms. The predicted octanol–water partition coefficient (Wildman–Crippen LogP) is 7.85. The maximum Gasteiger partial charge on any atom is 0.255 e. The first-order valence-corrected chi connectivity index (χ1v) is 14.3. The van der Waals surface area contributed by atoms with Gasteiger partial charge in [0, 0.05) is 26.6 Å². The molecule has 4 aromatic carbocycles. The summed E-state index contributed by atoms with van der Waals surface area (Å²) in [6, 6.07) is 34.0. The molecule has 0 spiro atoms. The second-order valence-electron chi connectivity index (χ2n) is 8.90. The number of aromatic nitrogens is 1. The van der Waals surface area contributed by atoms with Crippen LogP contribution >= 0.6 is 23.1 Å². The van der Waals surface area contributed by atoms with E-state index in [0.717, 1.165) is 26.6 Å². The van der Waals surface area contributed by atoms with Gasteiger partial charge in [-0.1, -0.05) is 66.7 Å². The topological polar surface area (TPSA) is 80.3 Å². The van der Waals surface area contributed by atoms with Crippen LogP contribution in [0, 0.1) is 6.92 Å². The lowest BCUT2D eigenvalue weighted by Gasteiger charge is -2.17. The van der Waals surface area contributed by atoms with E-state index >= 15 is 0 Å². The third-order valence-electron chi connectivity index (χ3n) is 6.11. The molecule has 1 unspecified atom stereocenters. The smallest absolute Gasteiger partial charge is 0.255 e. The molecule has 1 aromatic heterocycles. The van der Waals surface area contributed by atoms with E-state index in [1.54, 1.807) is 31.4 Å². The lowest BCUT2D eigenvalue weighted by molar-refractivity contribution is -0.115. The Hall–Kier alpha value is -4.40. The van der Waals surface area contributed by atoms with Gasteiger partial charge in [-0.15, -0.1) is 23.1 Å². The van der Waals surface area contributed by atoms with E-state index < -0.39 is 5.25 Å². The van der Waals surface area contributed by atoms with Gasteiger partial charge in [-0.3, -0.25) is 9.59 Å². The van der Waals surface area contributed by atoms with Crippen LogP contribution in [0.15, 0.2) is 114 Å². The molecule has 2 amide bonds. The van der Waals surface area contributed by atoms with Gasteiger partial charge in [0.1, 0.15) is 11.0 Å². The van der Waals surface area contributed by atoms with Crippen molar-refractivity contribution in [1.82, 2.24) is 4.98 Å². The quantitative estimate of drug-likeness (QED) is 0.178. The minimum Gasteiger partial charge on any atom is -0.497 e. The van der Waals surface area contributed by atoms with E-state index in [-0.39, 0.29) is 11.8 Å². The number of carbonyl (C=O) groups is 2. The molecule has 0 aliphatic rings. The Morgan fingerprint density at radius 3 is 2.25 bits per heavy atom. The van der Waals surface area contributed by atoms with Crippen LogP contribution in [0.5, 0.6) is 5.75 Å². The van der Waals surface area contributed by atoms with Crippen LogP contribution in [-0.2, 0) is 4.79 Å². The van der Waals surface area contributed by atoms with Gasteiger partial charge in [0.25, 0.3) is 5.91 Å². The Kier molecular flexibility index (Phi) is 8.59. The molecule has 0 fully saturated rings. The molecule has 1 atom stereocenters. The monoisotopic (exact) mass is 565 g/mol. The second-order valence-corrected chi connectivity index (χ2v) is 11.3. The van der Waals surface area contributed by atoms with Crippen LogP contribution in [0.4, 0.5) is 10.8 Å². The number of ether oxygens (including phenoxy) is 1. The van der Waals surface area contributed by atoms with Crippen LogP contribution < -0.4 is 15.4 Å². The van der Waals surface area contributed by atoms with Crippen molar-refractivity contribution in [3.8, 4) is 17.0 Å². The van der Waals surface area contributed by atoms with E-state index in [0.29, 0.717) is 22.1 Å². The van der Waals surface area contributed by atoms with Crippen LogP contribution in [0.3, 0.4) is 0 Å². The highest BCUT2D eigenvalue weighted by Crippen LogP contribution is 2.38. The number of hydrogen-bond donors (Lipinski definition) is 2. The number of thiazole rings is 1. The van der Waals surface area contributed by atoms with E-state index in [1.165, 1.54) is 23.1 Å². The third-order valence-corrected chi connectivity index (χ3v) is 8.25. The molecule has 200 valence electrons. The Morgan fingerprint density at radius 1 is 0.850 bits per heavy atom. The molecule has 6 nitrogen and oxygen atoms in total. The molecule has 0 bridgehead atoms. The van der Waals surface area contributed by atoms with E-state index in [9.17, 15) is 9.59 Å². The Morgan fingerprint density at radius 2 is 1.55 bits per heavy atom. The van der Waals surface area contributed by atoms with Crippen molar-refractivity contribution in [2.75, 3.05) is 17.7 Å². The maximum atomic E-state index is 13.6. The summed E-state index contributed by atoms with van der Waals surface area (Å²) in [5.41, 5.74) is 3.91. The van der Waals surface area contributed by atoms with Crippen molar-refractivity contribution in [2.45, 2.75) is 17.1 Å². The summed E-state index contributed by atoms with van der Waals surface area (Å²) in [6.45, 7) is 2.00. The number of hydrogen-bond acceptors (Lipinski definition) is 6. The standard InChI is InChI=1S/C32H27N3O3S2/c1-21-28(22-10-5-3-6-11-22)34-32(39-21)35-31(37)29(23-12-7-4-8-13-23)40-27-15-9-14-25(20-27)33-30(36)24-16-18-26(38-2)19-17-24/h3-20,29H,1-2H3,(H,33,36)(H,34,35,37). The zero-order chi connectivity index (χ0) is 27.9. The molecule has 0 saturated heterocycles. The zero-order valence-electron chi connectivity index (χ0n) is 22.0. The fraction of sp³-hybridized carbons (Fsp3) is 0.0938. The summed E-state index contributed by atoms with van der Waals surface area (Å²) in [7, 11) is 1.58. The lowest BCUT2D eigenvalue weighted by Crippen LogP contribution is -2.19. The molecule has 0 saturated carbocycles. The van der Waals surface area contributed by atoms with Gasteiger partial charge in [0.05, 0.1) is 12.8 Å². The number of anilines is 2. The molecule has 0 aliphatic carbocycles. The summed E-state index contributed by atoms with van der Waals surface area (Å²) in [5, 5.41) is 6.01. The number of aryl methyl sites for hydroxylation is 1. The number of thioether (sulfide) groups is 1.